The summed E-state index contributed by atoms with van der Waals surface area (Å²) in [5.74, 6) is 1.71. The molecule has 1 heterocycles. The van der Waals surface area contributed by atoms with E-state index in [0.717, 1.165) is 23.0 Å². The lowest BCUT2D eigenvalue weighted by Crippen LogP contribution is -2.04. The van der Waals surface area contributed by atoms with E-state index >= 15 is 0 Å². The smallest absolute Gasteiger partial charge is 0.191 e. The summed E-state index contributed by atoms with van der Waals surface area (Å²) in [6.45, 7) is 0.502. The van der Waals surface area contributed by atoms with Gasteiger partial charge in [-0.2, -0.15) is 0 Å². The Morgan fingerprint density at radius 3 is 2.64 bits per heavy atom. The Bertz CT molecular complexity index is 968. The number of nitrogens with zero attached hydrogens (tertiary/aromatic N) is 3. The maximum Gasteiger partial charge on any atom is 0.191 e. The monoisotopic (exact) mass is 459 g/mol. The van der Waals surface area contributed by atoms with Gasteiger partial charge >= 0.3 is 0 Å². The molecular weight excluding hydrogens is 444 g/mol. The van der Waals surface area contributed by atoms with Crippen molar-refractivity contribution in [3.8, 4) is 5.75 Å². The molecule has 3 aromatic rings. The van der Waals surface area contributed by atoms with Gasteiger partial charge in [0.1, 0.15) is 17.4 Å². The van der Waals surface area contributed by atoms with Gasteiger partial charge in [-0.3, -0.25) is 0 Å². The van der Waals surface area contributed by atoms with Gasteiger partial charge in [-0.1, -0.05) is 52.6 Å². The minimum atomic E-state index is -0.346. The second-order valence-corrected chi connectivity index (χ2v) is 8.20. The molecule has 0 unspecified atom stereocenters. The van der Waals surface area contributed by atoms with Gasteiger partial charge in [-0.15, -0.1) is 10.2 Å². The quantitative estimate of drug-likeness (QED) is 0.295. The van der Waals surface area contributed by atoms with Crippen molar-refractivity contribution in [1.82, 2.24) is 14.8 Å². The lowest BCUT2D eigenvalue weighted by atomic mass is 10.2. The zero-order valence-corrected chi connectivity index (χ0v) is 18.0. The highest BCUT2D eigenvalue weighted by Crippen LogP contribution is 2.28. The van der Waals surface area contributed by atoms with E-state index in [1.165, 1.54) is 23.9 Å². The summed E-state index contributed by atoms with van der Waals surface area (Å²) in [7, 11) is 1.92. The maximum absolute atomic E-state index is 13.1. The van der Waals surface area contributed by atoms with Crippen LogP contribution in [0.5, 0.6) is 5.75 Å². The van der Waals surface area contributed by atoms with E-state index in [4.69, 9.17) is 39.5 Å². The van der Waals surface area contributed by atoms with Crippen molar-refractivity contribution in [2.75, 3.05) is 6.61 Å². The third kappa shape index (κ3) is 5.54. The SMILES string of the molecule is Cn1c(CCCOc2ccc(Cl)cc2Cl)nnc1SCc1ccc(F)cc1Cl. The van der Waals surface area contributed by atoms with Crippen molar-refractivity contribution >= 4 is 46.6 Å². The number of rotatable bonds is 8. The minimum Gasteiger partial charge on any atom is -0.492 e. The first-order valence-electron chi connectivity index (χ1n) is 8.47. The van der Waals surface area contributed by atoms with E-state index in [9.17, 15) is 4.39 Å². The molecule has 0 bridgehead atoms. The summed E-state index contributed by atoms with van der Waals surface area (Å²) in [5, 5.41) is 10.7. The first-order chi connectivity index (χ1) is 13.4. The van der Waals surface area contributed by atoms with Crippen LogP contribution < -0.4 is 4.74 Å². The number of thioether (sulfide) groups is 1. The van der Waals surface area contributed by atoms with Crippen LogP contribution in [0.3, 0.4) is 0 Å². The Hall–Kier alpha value is -1.47. The van der Waals surface area contributed by atoms with E-state index < -0.39 is 0 Å². The van der Waals surface area contributed by atoms with Gasteiger partial charge in [0.05, 0.1) is 11.6 Å². The minimum absolute atomic E-state index is 0.346. The Morgan fingerprint density at radius 1 is 1.07 bits per heavy atom. The molecule has 2 aromatic carbocycles. The fraction of sp³-hybridized carbons (Fsp3) is 0.263. The first kappa shape index (κ1) is 21.2. The largest absolute Gasteiger partial charge is 0.492 e. The third-order valence-corrected chi connectivity index (χ3v) is 5.94. The van der Waals surface area contributed by atoms with E-state index in [-0.39, 0.29) is 5.82 Å². The molecule has 0 amide bonds. The number of ether oxygens (including phenoxy) is 1. The second-order valence-electron chi connectivity index (χ2n) is 6.01. The number of hydrogen-bond donors (Lipinski definition) is 0. The Kier molecular flexibility index (Phi) is 7.46. The van der Waals surface area contributed by atoms with Crippen molar-refractivity contribution < 1.29 is 9.13 Å². The molecule has 0 aliphatic rings. The highest BCUT2D eigenvalue weighted by Gasteiger charge is 2.11. The predicted octanol–water partition coefficient (Wildman–Crippen LogP) is 6.22. The van der Waals surface area contributed by atoms with Crippen molar-refractivity contribution in [1.29, 1.82) is 0 Å². The van der Waals surface area contributed by atoms with Gasteiger partial charge in [-0.25, -0.2) is 4.39 Å². The molecule has 0 aliphatic heterocycles. The van der Waals surface area contributed by atoms with Crippen LogP contribution in [0.25, 0.3) is 0 Å². The molecule has 0 aliphatic carbocycles. The van der Waals surface area contributed by atoms with Crippen LogP contribution in [0.2, 0.25) is 15.1 Å². The molecule has 9 heteroatoms. The molecule has 0 fully saturated rings. The summed E-state index contributed by atoms with van der Waals surface area (Å²) in [5.41, 5.74) is 0.853. The topological polar surface area (TPSA) is 39.9 Å². The molecule has 0 N–H and O–H groups in total. The van der Waals surface area contributed by atoms with Gasteiger partial charge in [0.25, 0.3) is 0 Å². The third-order valence-electron chi connectivity index (χ3n) is 3.99. The molecule has 0 atom stereocenters. The van der Waals surface area contributed by atoms with Crippen LogP contribution in [0.1, 0.15) is 17.8 Å². The molecule has 3 rings (SSSR count). The number of aromatic nitrogens is 3. The van der Waals surface area contributed by atoms with Crippen molar-refractivity contribution in [2.24, 2.45) is 7.05 Å². The van der Waals surface area contributed by atoms with Crippen molar-refractivity contribution in [3.05, 3.63) is 68.7 Å². The average molecular weight is 461 g/mol. The maximum atomic E-state index is 13.1. The Balaban J connectivity index is 1.50. The number of halogens is 4. The number of benzene rings is 2. The van der Waals surface area contributed by atoms with Crippen LogP contribution in [-0.4, -0.2) is 21.4 Å². The summed E-state index contributed by atoms with van der Waals surface area (Å²) >= 11 is 19.5. The summed E-state index contributed by atoms with van der Waals surface area (Å²) in [6, 6.07) is 9.53. The lowest BCUT2D eigenvalue weighted by molar-refractivity contribution is 0.309. The van der Waals surface area contributed by atoms with Crippen molar-refractivity contribution in [3.63, 3.8) is 0 Å². The number of aryl methyl sites for hydroxylation is 1. The summed E-state index contributed by atoms with van der Waals surface area (Å²) in [4.78, 5) is 0. The zero-order valence-electron chi connectivity index (χ0n) is 15.0. The molecule has 28 heavy (non-hydrogen) atoms. The molecule has 0 radical (unpaired) electrons. The molecular formula is C19H17Cl3FN3OS. The number of hydrogen-bond acceptors (Lipinski definition) is 4. The van der Waals surface area contributed by atoms with E-state index in [0.29, 0.717) is 39.6 Å². The fourth-order valence-electron chi connectivity index (χ4n) is 2.47. The second kappa shape index (κ2) is 9.83. The van der Waals surface area contributed by atoms with Gasteiger partial charge in [0.15, 0.2) is 5.16 Å². The van der Waals surface area contributed by atoms with Gasteiger partial charge in [0.2, 0.25) is 0 Å². The highest BCUT2D eigenvalue weighted by molar-refractivity contribution is 7.98. The lowest BCUT2D eigenvalue weighted by Gasteiger charge is -2.08. The van der Waals surface area contributed by atoms with Crippen LogP contribution in [-0.2, 0) is 19.2 Å². The molecule has 4 nitrogen and oxygen atoms in total. The zero-order chi connectivity index (χ0) is 20.1. The average Bonchev–Trinajstić information content (AvgIpc) is 2.99. The van der Waals surface area contributed by atoms with Crippen LogP contribution in [0.4, 0.5) is 4.39 Å². The first-order valence-corrected chi connectivity index (χ1v) is 10.6. The van der Waals surface area contributed by atoms with Crippen LogP contribution >= 0.6 is 46.6 Å². The predicted molar refractivity (Wildman–Crippen MR) is 112 cm³/mol. The molecule has 148 valence electrons. The van der Waals surface area contributed by atoms with Gasteiger partial charge in [-0.05, 0) is 42.3 Å². The molecule has 0 saturated carbocycles. The normalized spacial score (nSPS) is 11.0. The van der Waals surface area contributed by atoms with Gasteiger partial charge < -0.3 is 9.30 Å². The van der Waals surface area contributed by atoms with E-state index in [1.807, 2.05) is 11.6 Å². The molecule has 0 saturated heterocycles. The highest BCUT2D eigenvalue weighted by atomic mass is 35.5. The van der Waals surface area contributed by atoms with E-state index in [2.05, 4.69) is 10.2 Å². The standard InChI is InChI=1S/C19H17Cl3FN3OS/c1-26-18(3-2-8-27-17-7-5-13(20)9-16(17)22)24-25-19(26)28-11-12-4-6-14(23)10-15(12)21/h4-7,9-10H,2-3,8,11H2,1H3. The molecule has 0 spiro atoms. The summed E-state index contributed by atoms with van der Waals surface area (Å²) < 4.78 is 20.8. The van der Waals surface area contributed by atoms with Crippen LogP contribution in [0.15, 0.2) is 41.6 Å². The fourth-order valence-corrected chi connectivity index (χ4v) is 4.18. The Morgan fingerprint density at radius 2 is 1.89 bits per heavy atom. The van der Waals surface area contributed by atoms with Crippen molar-refractivity contribution in [2.45, 2.75) is 23.8 Å². The van der Waals surface area contributed by atoms with E-state index in [1.54, 1.807) is 24.3 Å². The molecule has 1 aromatic heterocycles. The summed E-state index contributed by atoms with van der Waals surface area (Å²) in [6.07, 6.45) is 1.48. The van der Waals surface area contributed by atoms with Crippen LogP contribution in [0, 0.1) is 5.82 Å². The van der Waals surface area contributed by atoms with Gasteiger partial charge in [0, 0.05) is 29.3 Å². The Labute approximate surface area is 182 Å².